The molecule has 3 N–H and O–H groups in total. The second kappa shape index (κ2) is 4.99. The van der Waals surface area contributed by atoms with Crippen LogP contribution in [0.5, 0.6) is 5.88 Å². The van der Waals surface area contributed by atoms with Crippen LogP contribution in [0.4, 0.5) is 5.69 Å². The van der Waals surface area contributed by atoms with Gasteiger partial charge in [0.05, 0.1) is 5.69 Å². The number of nitrogens with one attached hydrogen (secondary N) is 1. The van der Waals surface area contributed by atoms with Gasteiger partial charge in [0, 0.05) is 11.3 Å². The Morgan fingerprint density at radius 1 is 1.07 bits per heavy atom. The number of ether oxygens (including phenoxy) is 2. The Labute approximate surface area is 163 Å². The molecule has 1 saturated heterocycles. The lowest BCUT2D eigenvalue weighted by atomic mass is 9.72. The molecule has 0 radical (unpaired) electrons. The first-order valence-corrected chi connectivity index (χ1v) is 9.03. The smallest absolute Gasteiger partial charge is 0.347 e. The van der Waals surface area contributed by atoms with Crippen LogP contribution in [0.25, 0.3) is 5.69 Å². The van der Waals surface area contributed by atoms with Gasteiger partial charge in [-0.2, -0.15) is 0 Å². The molecule has 8 heteroatoms. The maximum absolute atomic E-state index is 12.7. The van der Waals surface area contributed by atoms with E-state index in [0.717, 1.165) is 16.9 Å². The molecule has 3 aliphatic heterocycles. The summed E-state index contributed by atoms with van der Waals surface area (Å²) in [5.74, 6) is 0.0525. The van der Waals surface area contributed by atoms with Gasteiger partial charge in [0.15, 0.2) is 10.2 Å². The largest absolute Gasteiger partial charge is 0.423 e. The molecule has 1 spiro atoms. The number of H-pyrrole nitrogens is 1. The highest BCUT2D eigenvalue weighted by molar-refractivity contribution is 7.71. The van der Waals surface area contributed by atoms with E-state index in [9.17, 15) is 4.79 Å². The first-order chi connectivity index (χ1) is 13.6. The number of aromatic nitrogens is 2. The molecule has 0 amide bonds. The average molecular weight is 388 g/mol. The van der Waals surface area contributed by atoms with Crippen LogP contribution in [-0.4, -0.2) is 21.4 Å². The Morgan fingerprint density at radius 2 is 1.82 bits per heavy atom. The lowest BCUT2D eigenvalue weighted by Gasteiger charge is -2.31. The molecule has 28 heavy (non-hydrogen) atoms. The summed E-state index contributed by atoms with van der Waals surface area (Å²) >= 11 is 5.59. The van der Waals surface area contributed by atoms with Crippen molar-refractivity contribution in [3.05, 3.63) is 82.1 Å². The van der Waals surface area contributed by atoms with Gasteiger partial charge in [0.25, 0.3) is 0 Å². The molecule has 4 heterocycles. The Kier molecular flexibility index (Phi) is 2.75. The fraction of sp³-hybridized carbons (Fsp3) is 0.0500. The van der Waals surface area contributed by atoms with Crippen LogP contribution in [0, 0.1) is 4.77 Å². The highest BCUT2D eigenvalue weighted by atomic mass is 32.1. The number of aromatic amines is 1. The van der Waals surface area contributed by atoms with Crippen molar-refractivity contribution < 1.29 is 14.3 Å². The molecule has 2 aromatic carbocycles. The molecule has 3 aliphatic rings. The minimum Gasteiger partial charge on any atom is -0.423 e. The van der Waals surface area contributed by atoms with Gasteiger partial charge in [-0.3, -0.25) is 4.57 Å². The first kappa shape index (κ1) is 15.4. The van der Waals surface area contributed by atoms with Crippen molar-refractivity contribution in [1.29, 1.82) is 0 Å². The van der Waals surface area contributed by atoms with Crippen LogP contribution in [0.3, 0.4) is 0 Å². The standard InChI is InChI=1S/C20H12N4O3S/c21-15-13-17(25)27-18-20(13,11-8-4-5-9-12(11)22-18)14-16(26-15)23-19(28)24(14)10-6-2-1-3-7-10/h1-9H,21H2,(H,23,28). The molecule has 136 valence electrons. The Morgan fingerprint density at radius 3 is 2.64 bits per heavy atom. The summed E-state index contributed by atoms with van der Waals surface area (Å²) in [7, 11) is 0. The Bertz CT molecular complexity index is 1320. The van der Waals surface area contributed by atoms with Crippen molar-refractivity contribution in [2.75, 3.05) is 0 Å². The summed E-state index contributed by atoms with van der Waals surface area (Å²) in [6.45, 7) is 0. The lowest BCUT2D eigenvalue weighted by Crippen LogP contribution is -2.40. The Hall–Kier alpha value is -3.65. The molecule has 6 rings (SSSR count). The van der Waals surface area contributed by atoms with Gasteiger partial charge in [0.1, 0.15) is 11.3 Å². The van der Waals surface area contributed by atoms with E-state index in [-0.39, 0.29) is 17.4 Å². The monoisotopic (exact) mass is 388 g/mol. The van der Waals surface area contributed by atoms with E-state index in [1.165, 1.54) is 0 Å². The number of hydrogen-bond acceptors (Lipinski definition) is 6. The number of carbonyl (C=O) groups excluding carboxylic acids is 1. The summed E-state index contributed by atoms with van der Waals surface area (Å²) in [6, 6.07) is 17.2. The van der Waals surface area contributed by atoms with E-state index >= 15 is 0 Å². The second-order valence-electron chi connectivity index (χ2n) is 6.69. The van der Waals surface area contributed by atoms with E-state index in [4.69, 9.17) is 27.4 Å². The number of rotatable bonds is 1. The van der Waals surface area contributed by atoms with Gasteiger partial charge in [-0.25, -0.2) is 9.79 Å². The Balaban J connectivity index is 1.80. The fourth-order valence-corrected chi connectivity index (χ4v) is 4.56. The normalized spacial score (nSPS) is 21.3. The van der Waals surface area contributed by atoms with Crippen molar-refractivity contribution >= 4 is 29.8 Å². The zero-order chi connectivity index (χ0) is 19.0. The van der Waals surface area contributed by atoms with E-state index in [0.29, 0.717) is 16.3 Å². The topological polar surface area (TPSA) is 94.6 Å². The van der Waals surface area contributed by atoms with Gasteiger partial charge >= 0.3 is 5.97 Å². The molecule has 7 nitrogen and oxygen atoms in total. The average Bonchev–Trinajstić information content (AvgIpc) is 3.27. The molecular formula is C20H12N4O3S. The van der Waals surface area contributed by atoms with Crippen molar-refractivity contribution in [1.82, 2.24) is 9.55 Å². The van der Waals surface area contributed by atoms with Crippen LogP contribution >= 0.6 is 12.2 Å². The quantitative estimate of drug-likeness (QED) is 0.494. The number of carbonyl (C=O) groups is 1. The third kappa shape index (κ3) is 1.62. The third-order valence-corrected chi connectivity index (χ3v) is 5.59. The third-order valence-electron chi connectivity index (χ3n) is 5.31. The predicted octanol–water partition coefficient (Wildman–Crippen LogP) is 2.98. The predicted molar refractivity (Wildman–Crippen MR) is 103 cm³/mol. The van der Waals surface area contributed by atoms with Gasteiger partial charge in [0.2, 0.25) is 17.7 Å². The molecule has 0 bridgehead atoms. The molecule has 1 fully saturated rings. The number of nitrogens with zero attached hydrogens (tertiary/aromatic N) is 2. The highest BCUT2D eigenvalue weighted by Crippen LogP contribution is 2.57. The van der Waals surface area contributed by atoms with Crippen LogP contribution in [-0.2, 0) is 14.9 Å². The number of esters is 1. The van der Waals surface area contributed by atoms with Crippen LogP contribution in [0.1, 0.15) is 11.3 Å². The highest BCUT2D eigenvalue weighted by Gasteiger charge is 2.64. The minimum absolute atomic E-state index is 0.0177. The van der Waals surface area contributed by atoms with Crippen LogP contribution in [0.15, 0.2) is 71.0 Å². The number of benzene rings is 2. The summed E-state index contributed by atoms with van der Waals surface area (Å²) in [5, 5.41) is 0. The zero-order valence-corrected chi connectivity index (χ0v) is 15.1. The summed E-state index contributed by atoms with van der Waals surface area (Å²) in [5.41, 5.74) is 8.26. The summed E-state index contributed by atoms with van der Waals surface area (Å²) < 4.78 is 13.6. The maximum atomic E-state index is 12.7. The van der Waals surface area contributed by atoms with E-state index < -0.39 is 11.4 Å². The lowest BCUT2D eigenvalue weighted by molar-refractivity contribution is -0.129. The molecule has 1 unspecified atom stereocenters. The summed E-state index contributed by atoms with van der Waals surface area (Å²) in [6.07, 6.45) is 0. The number of hydrogen-bond donors (Lipinski definition) is 2. The van der Waals surface area contributed by atoms with E-state index in [1.54, 1.807) is 0 Å². The van der Waals surface area contributed by atoms with Gasteiger partial charge in [-0.05, 0) is 30.4 Å². The van der Waals surface area contributed by atoms with Crippen LogP contribution < -0.4 is 10.5 Å². The molecule has 0 saturated carbocycles. The van der Waals surface area contributed by atoms with Crippen LogP contribution in [0.2, 0.25) is 0 Å². The van der Waals surface area contributed by atoms with E-state index in [1.807, 2.05) is 59.2 Å². The van der Waals surface area contributed by atoms with Crippen molar-refractivity contribution in [3.8, 4) is 11.6 Å². The molecular weight excluding hydrogens is 376 g/mol. The second-order valence-corrected chi connectivity index (χ2v) is 7.08. The number of para-hydroxylation sites is 2. The zero-order valence-electron chi connectivity index (χ0n) is 14.3. The summed E-state index contributed by atoms with van der Waals surface area (Å²) in [4.78, 5) is 20.4. The molecule has 1 aromatic heterocycles. The van der Waals surface area contributed by atoms with Gasteiger partial charge < -0.3 is 20.2 Å². The van der Waals surface area contributed by atoms with Crippen molar-refractivity contribution in [2.45, 2.75) is 5.41 Å². The SMILES string of the molecule is NC1=C2C(=O)OC3=Nc4ccccc4C32c2c([nH]c(=S)n2-c2ccccc2)O1. The number of imidazole rings is 1. The van der Waals surface area contributed by atoms with Crippen molar-refractivity contribution in [2.24, 2.45) is 10.7 Å². The first-order valence-electron chi connectivity index (χ1n) is 8.62. The van der Waals surface area contributed by atoms with Gasteiger partial charge in [-0.15, -0.1) is 0 Å². The molecule has 0 aliphatic carbocycles. The van der Waals surface area contributed by atoms with E-state index in [2.05, 4.69) is 9.98 Å². The number of fused-ring (bicyclic) bond motifs is 2. The number of nitrogens with two attached hydrogens (primary N) is 1. The van der Waals surface area contributed by atoms with Crippen molar-refractivity contribution in [3.63, 3.8) is 0 Å². The minimum atomic E-state index is -1.10. The number of aliphatic imine (C=N–C) groups is 1. The fourth-order valence-electron chi connectivity index (χ4n) is 4.27. The molecule has 1 atom stereocenters. The maximum Gasteiger partial charge on any atom is 0.347 e. The van der Waals surface area contributed by atoms with Gasteiger partial charge in [-0.1, -0.05) is 36.4 Å². The molecule has 3 aromatic rings.